The van der Waals surface area contributed by atoms with E-state index in [-0.39, 0.29) is 29.1 Å². The first-order valence-corrected chi connectivity index (χ1v) is 10.5. The molecule has 27 heavy (non-hydrogen) atoms. The van der Waals surface area contributed by atoms with E-state index in [0.29, 0.717) is 26.0 Å². The highest BCUT2D eigenvalue weighted by atomic mass is 32.2. The van der Waals surface area contributed by atoms with Crippen molar-refractivity contribution in [3.8, 4) is 0 Å². The minimum Gasteiger partial charge on any atom is -0.376 e. The van der Waals surface area contributed by atoms with Crippen LogP contribution >= 0.6 is 0 Å². The first-order valence-electron chi connectivity index (χ1n) is 9.05. The van der Waals surface area contributed by atoms with E-state index in [0.717, 1.165) is 31.4 Å². The van der Waals surface area contributed by atoms with Crippen LogP contribution < -0.4 is 5.32 Å². The summed E-state index contributed by atoms with van der Waals surface area (Å²) < 4.78 is 32.7. The molecule has 0 saturated carbocycles. The van der Waals surface area contributed by atoms with E-state index in [1.807, 2.05) is 0 Å². The van der Waals surface area contributed by atoms with Crippen LogP contribution in [0.4, 0.5) is 5.69 Å². The van der Waals surface area contributed by atoms with Gasteiger partial charge in [-0.15, -0.1) is 0 Å². The molecule has 1 amide bonds. The Balaban J connectivity index is 1.74. The van der Waals surface area contributed by atoms with Gasteiger partial charge < -0.3 is 10.1 Å². The molecule has 148 valence electrons. The van der Waals surface area contributed by atoms with Crippen LogP contribution in [0.2, 0.25) is 0 Å². The minimum absolute atomic E-state index is 0.0164. The number of carbonyl (C=O) groups is 1. The number of nitro groups is 1. The smallest absolute Gasteiger partial charge is 0.269 e. The number of hydrogen-bond acceptors (Lipinski definition) is 6. The molecule has 2 aliphatic rings. The SMILES string of the molecule is O=C(NC[C@@H]1CCCO1)[C@@H]1CCCCN1S(=O)(=O)c1ccc([N+](=O)[O-])cc1. The van der Waals surface area contributed by atoms with Crippen LogP contribution in [0.3, 0.4) is 0 Å². The fraction of sp³-hybridized carbons (Fsp3) is 0.588. The van der Waals surface area contributed by atoms with Gasteiger partial charge in [-0.3, -0.25) is 14.9 Å². The van der Waals surface area contributed by atoms with Crippen molar-refractivity contribution < 1.29 is 22.9 Å². The normalized spacial score (nSPS) is 23.9. The van der Waals surface area contributed by atoms with Gasteiger partial charge in [-0.25, -0.2) is 8.42 Å². The number of nitrogens with one attached hydrogen (secondary N) is 1. The van der Waals surface area contributed by atoms with E-state index in [4.69, 9.17) is 4.74 Å². The summed E-state index contributed by atoms with van der Waals surface area (Å²) >= 11 is 0. The summed E-state index contributed by atoms with van der Waals surface area (Å²) in [6, 6.07) is 3.96. The molecule has 10 heteroatoms. The molecule has 2 fully saturated rings. The molecule has 9 nitrogen and oxygen atoms in total. The largest absolute Gasteiger partial charge is 0.376 e. The number of piperidine rings is 1. The monoisotopic (exact) mass is 397 g/mol. The second kappa shape index (κ2) is 8.32. The highest BCUT2D eigenvalue weighted by molar-refractivity contribution is 7.89. The van der Waals surface area contributed by atoms with Gasteiger partial charge in [0.2, 0.25) is 15.9 Å². The first kappa shape index (κ1) is 19.7. The molecule has 1 aromatic rings. The molecule has 1 N–H and O–H groups in total. The maximum Gasteiger partial charge on any atom is 0.269 e. The van der Waals surface area contributed by atoms with E-state index in [1.165, 1.54) is 16.4 Å². The topological polar surface area (TPSA) is 119 Å². The van der Waals surface area contributed by atoms with Crippen LogP contribution in [-0.4, -0.2) is 55.4 Å². The number of hydrogen-bond donors (Lipinski definition) is 1. The predicted octanol–water partition coefficient (Wildman–Crippen LogP) is 1.43. The van der Waals surface area contributed by atoms with Gasteiger partial charge in [-0.2, -0.15) is 4.31 Å². The molecule has 0 unspecified atom stereocenters. The zero-order valence-electron chi connectivity index (χ0n) is 14.9. The molecule has 0 aliphatic carbocycles. The van der Waals surface area contributed by atoms with Gasteiger partial charge in [0, 0.05) is 31.8 Å². The van der Waals surface area contributed by atoms with Crippen molar-refractivity contribution in [2.75, 3.05) is 19.7 Å². The minimum atomic E-state index is -3.92. The van der Waals surface area contributed by atoms with Gasteiger partial charge in [-0.1, -0.05) is 6.42 Å². The summed E-state index contributed by atoms with van der Waals surface area (Å²) in [6.07, 6.45) is 3.72. The van der Waals surface area contributed by atoms with Crippen molar-refractivity contribution in [3.63, 3.8) is 0 Å². The number of sulfonamides is 1. The van der Waals surface area contributed by atoms with Crippen LogP contribution in [-0.2, 0) is 19.6 Å². The quantitative estimate of drug-likeness (QED) is 0.573. The third-order valence-corrected chi connectivity index (χ3v) is 6.86. The van der Waals surface area contributed by atoms with E-state index >= 15 is 0 Å². The van der Waals surface area contributed by atoms with Gasteiger partial charge in [-0.05, 0) is 37.8 Å². The Morgan fingerprint density at radius 2 is 1.96 bits per heavy atom. The molecule has 0 radical (unpaired) electrons. The summed E-state index contributed by atoms with van der Waals surface area (Å²) in [5.41, 5.74) is -0.182. The molecule has 2 aliphatic heterocycles. The molecule has 2 saturated heterocycles. The fourth-order valence-corrected chi connectivity index (χ4v) is 5.12. The van der Waals surface area contributed by atoms with E-state index < -0.39 is 21.0 Å². The number of amides is 1. The van der Waals surface area contributed by atoms with Crippen molar-refractivity contribution in [2.24, 2.45) is 0 Å². The lowest BCUT2D eigenvalue weighted by Gasteiger charge is -2.33. The summed E-state index contributed by atoms with van der Waals surface area (Å²) in [6.45, 7) is 1.31. The van der Waals surface area contributed by atoms with Crippen LogP contribution in [0.25, 0.3) is 0 Å². The third kappa shape index (κ3) is 4.45. The summed E-state index contributed by atoms with van der Waals surface area (Å²) in [5.74, 6) is -0.323. The van der Waals surface area contributed by atoms with Crippen LogP contribution in [0.5, 0.6) is 0 Å². The Bertz CT molecular complexity index is 789. The highest BCUT2D eigenvalue weighted by Crippen LogP contribution is 2.27. The number of non-ortho nitro benzene ring substituents is 1. The summed E-state index contributed by atoms with van der Waals surface area (Å²) in [7, 11) is -3.92. The first-order chi connectivity index (χ1) is 12.9. The van der Waals surface area contributed by atoms with Gasteiger partial charge in [0.1, 0.15) is 6.04 Å². The Labute approximate surface area is 157 Å². The molecular weight excluding hydrogens is 374 g/mol. The van der Waals surface area contributed by atoms with Gasteiger partial charge in [0.15, 0.2) is 0 Å². The second-order valence-electron chi connectivity index (χ2n) is 6.76. The number of carbonyl (C=O) groups excluding carboxylic acids is 1. The van der Waals surface area contributed by atoms with Gasteiger partial charge >= 0.3 is 0 Å². The van der Waals surface area contributed by atoms with Crippen molar-refractivity contribution in [2.45, 2.75) is 49.1 Å². The second-order valence-corrected chi connectivity index (χ2v) is 8.65. The Morgan fingerprint density at radius 1 is 1.22 bits per heavy atom. The fourth-order valence-electron chi connectivity index (χ4n) is 3.47. The van der Waals surface area contributed by atoms with Crippen LogP contribution in [0.1, 0.15) is 32.1 Å². The van der Waals surface area contributed by atoms with E-state index in [9.17, 15) is 23.3 Å². The highest BCUT2D eigenvalue weighted by Gasteiger charge is 2.38. The zero-order chi connectivity index (χ0) is 19.4. The van der Waals surface area contributed by atoms with E-state index in [1.54, 1.807) is 0 Å². The Hall–Kier alpha value is -2.04. The molecule has 3 rings (SSSR count). The average Bonchev–Trinajstić information content (AvgIpc) is 3.20. The molecule has 2 heterocycles. The standard InChI is InChI=1S/C17H23N3O6S/c21-17(18-12-14-4-3-11-26-14)16-5-1-2-10-19(16)27(24,25)15-8-6-13(7-9-15)20(22)23/h6-9,14,16H,1-5,10-12H2,(H,18,21)/t14-,16-/m0/s1. The molecule has 1 aromatic carbocycles. The van der Waals surface area contributed by atoms with Gasteiger partial charge in [0.05, 0.1) is 15.9 Å². The third-order valence-electron chi connectivity index (χ3n) is 4.94. The summed E-state index contributed by atoms with van der Waals surface area (Å²) in [5, 5.41) is 13.6. The molecule has 0 spiro atoms. The number of nitrogens with zero attached hydrogens (tertiary/aromatic N) is 2. The average molecular weight is 397 g/mol. The molecule has 2 atom stereocenters. The molecule has 0 bridgehead atoms. The van der Waals surface area contributed by atoms with Gasteiger partial charge in [0.25, 0.3) is 5.69 Å². The van der Waals surface area contributed by atoms with Crippen LogP contribution in [0, 0.1) is 10.1 Å². The summed E-state index contributed by atoms with van der Waals surface area (Å²) in [4.78, 5) is 22.8. The lowest BCUT2D eigenvalue weighted by atomic mass is 10.0. The zero-order valence-corrected chi connectivity index (χ0v) is 15.7. The van der Waals surface area contributed by atoms with Crippen molar-refractivity contribution in [1.82, 2.24) is 9.62 Å². The Kier molecular flexibility index (Phi) is 6.08. The lowest BCUT2D eigenvalue weighted by Crippen LogP contribution is -2.52. The lowest BCUT2D eigenvalue weighted by molar-refractivity contribution is -0.384. The number of rotatable bonds is 6. The number of nitro benzene ring substituents is 1. The number of benzene rings is 1. The van der Waals surface area contributed by atoms with Crippen molar-refractivity contribution in [1.29, 1.82) is 0 Å². The Morgan fingerprint density at radius 3 is 2.59 bits per heavy atom. The molecule has 0 aromatic heterocycles. The number of ether oxygens (including phenoxy) is 1. The maximum atomic E-state index is 13.0. The predicted molar refractivity (Wildman–Crippen MR) is 96.6 cm³/mol. The van der Waals surface area contributed by atoms with Crippen LogP contribution in [0.15, 0.2) is 29.2 Å². The van der Waals surface area contributed by atoms with Crippen molar-refractivity contribution >= 4 is 21.6 Å². The maximum absolute atomic E-state index is 13.0. The molecular formula is C17H23N3O6S. The van der Waals surface area contributed by atoms with Crippen molar-refractivity contribution in [3.05, 3.63) is 34.4 Å². The van der Waals surface area contributed by atoms with E-state index in [2.05, 4.69) is 5.32 Å².